The van der Waals surface area contributed by atoms with Crippen LogP contribution in [0.2, 0.25) is 0 Å². The molecule has 0 fully saturated rings. The van der Waals surface area contributed by atoms with Crippen molar-refractivity contribution in [1.82, 2.24) is 15.3 Å². The lowest BCUT2D eigenvalue weighted by Gasteiger charge is -2.18. The van der Waals surface area contributed by atoms with Crippen LogP contribution in [0.15, 0.2) is 36.9 Å². The summed E-state index contributed by atoms with van der Waals surface area (Å²) in [5.41, 5.74) is 3.85. The third-order valence-corrected chi connectivity index (χ3v) is 3.17. The molecule has 96 valence electrons. The number of rotatable bonds is 2. The number of nitrogens with zero attached hydrogens (tertiary/aromatic N) is 2. The van der Waals surface area contributed by atoms with Crippen LogP contribution in [0.3, 0.4) is 0 Å². The molecule has 1 aliphatic rings. The molecule has 0 bridgehead atoms. The molecule has 2 N–H and O–H groups in total. The molecule has 0 radical (unpaired) electrons. The summed E-state index contributed by atoms with van der Waals surface area (Å²) in [6.07, 6.45) is 5.45. The van der Waals surface area contributed by atoms with Crippen LogP contribution < -0.4 is 10.6 Å². The summed E-state index contributed by atoms with van der Waals surface area (Å²) in [4.78, 5) is 19.6. The average molecular weight is 254 g/mol. The molecule has 1 amide bonds. The Morgan fingerprint density at radius 3 is 2.89 bits per heavy atom. The molecule has 5 nitrogen and oxygen atoms in total. The maximum Gasteiger partial charge on any atom is 0.258 e. The van der Waals surface area contributed by atoms with E-state index in [9.17, 15) is 4.79 Å². The first-order chi connectivity index (χ1) is 9.33. The van der Waals surface area contributed by atoms with Gasteiger partial charge >= 0.3 is 0 Å². The minimum Gasteiger partial charge on any atom is -0.322 e. The van der Waals surface area contributed by atoms with Gasteiger partial charge in [0.15, 0.2) is 0 Å². The Kier molecular flexibility index (Phi) is 3.20. The van der Waals surface area contributed by atoms with Gasteiger partial charge in [-0.25, -0.2) is 9.97 Å². The van der Waals surface area contributed by atoms with E-state index in [2.05, 4.69) is 26.7 Å². The van der Waals surface area contributed by atoms with Crippen LogP contribution in [0.25, 0.3) is 0 Å². The van der Waals surface area contributed by atoms with E-state index in [1.165, 1.54) is 29.8 Å². The van der Waals surface area contributed by atoms with Gasteiger partial charge in [0.2, 0.25) is 0 Å². The fourth-order valence-electron chi connectivity index (χ4n) is 2.18. The largest absolute Gasteiger partial charge is 0.322 e. The fourth-order valence-corrected chi connectivity index (χ4v) is 2.18. The van der Waals surface area contributed by atoms with E-state index < -0.39 is 0 Å². The highest BCUT2D eigenvalue weighted by Gasteiger charge is 2.11. The van der Waals surface area contributed by atoms with Gasteiger partial charge in [0, 0.05) is 24.6 Å². The lowest BCUT2D eigenvalue weighted by Crippen LogP contribution is -2.23. The third kappa shape index (κ3) is 2.61. The molecule has 1 aromatic heterocycles. The molecule has 1 aromatic carbocycles. The Balaban J connectivity index is 1.78. The predicted octanol–water partition coefficient (Wildman–Crippen LogP) is 1.37. The lowest BCUT2D eigenvalue weighted by atomic mass is 10.0. The van der Waals surface area contributed by atoms with Crippen molar-refractivity contribution in [2.45, 2.75) is 13.0 Å². The van der Waals surface area contributed by atoms with Gasteiger partial charge in [0.25, 0.3) is 5.91 Å². The molecule has 0 unspecified atom stereocenters. The van der Waals surface area contributed by atoms with E-state index >= 15 is 0 Å². The molecule has 0 spiro atoms. The molecule has 3 rings (SSSR count). The summed E-state index contributed by atoms with van der Waals surface area (Å²) in [7, 11) is 0. The summed E-state index contributed by atoms with van der Waals surface area (Å²) in [6.45, 7) is 1.87. The molecule has 5 heteroatoms. The summed E-state index contributed by atoms with van der Waals surface area (Å²) in [6, 6.07) is 6.03. The van der Waals surface area contributed by atoms with E-state index in [0.29, 0.717) is 5.56 Å². The Hall–Kier alpha value is -2.27. The van der Waals surface area contributed by atoms with E-state index in [-0.39, 0.29) is 5.91 Å². The van der Waals surface area contributed by atoms with Crippen molar-refractivity contribution in [2.75, 3.05) is 11.9 Å². The van der Waals surface area contributed by atoms with Crippen molar-refractivity contribution in [3.8, 4) is 0 Å². The second-order valence-electron chi connectivity index (χ2n) is 4.49. The molecular formula is C14H14N4O. The lowest BCUT2D eigenvalue weighted by molar-refractivity contribution is 0.102. The van der Waals surface area contributed by atoms with Crippen molar-refractivity contribution in [1.29, 1.82) is 0 Å². The summed E-state index contributed by atoms with van der Waals surface area (Å²) >= 11 is 0. The van der Waals surface area contributed by atoms with Crippen molar-refractivity contribution in [3.05, 3.63) is 53.6 Å². The molecule has 19 heavy (non-hydrogen) atoms. The predicted molar refractivity (Wildman–Crippen MR) is 71.8 cm³/mol. The van der Waals surface area contributed by atoms with Gasteiger partial charge in [0.05, 0.1) is 5.56 Å². The van der Waals surface area contributed by atoms with Crippen LogP contribution in [0.1, 0.15) is 21.5 Å². The maximum absolute atomic E-state index is 12.0. The zero-order valence-electron chi connectivity index (χ0n) is 10.4. The van der Waals surface area contributed by atoms with Crippen molar-refractivity contribution in [2.24, 2.45) is 0 Å². The molecule has 0 saturated carbocycles. The number of hydrogen-bond acceptors (Lipinski definition) is 4. The quantitative estimate of drug-likeness (QED) is 0.849. The number of carbonyl (C=O) groups is 1. The first-order valence-corrected chi connectivity index (χ1v) is 6.22. The van der Waals surface area contributed by atoms with Gasteiger partial charge in [0.1, 0.15) is 6.33 Å². The van der Waals surface area contributed by atoms with Crippen LogP contribution in [0.5, 0.6) is 0 Å². The molecule has 2 aromatic rings. The zero-order valence-corrected chi connectivity index (χ0v) is 10.4. The normalized spacial score (nSPS) is 13.7. The Morgan fingerprint density at radius 1 is 1.21 bits per heavy atom. The highest BCUT2D eigenvalue weighted by atomic mass is 16.1. The topological polar surface area (TPSA) is 66.9 Å². The number of anilines is 1. The van der Waals surface area contributed by atoms with Gasteiger partial charge in [-0.05, 0) is 36.2 Å². The van der Waals surface area contributed by atoms with E-state index in [1.807, 2.05) is 12.1 Å². The minimum atomic E-state index is -0.190. The Morgan fingerprint density at radius 2 is 2.05 bits per heavy atom. The smallest absolute Gasteiger partial charge is 0.258 e. The number of carbonyl (C=O) groups excluding carboxylic acids is 1. The van der Waals surface area contributed by atoms with E-state index in [0.717, 1.165) is 25.2 Å². The summed E-state index contributed by atoms with van der Waals surface area (Å²) in [5.74, 6) is -0.190. The first-order valence-electron chi connectivity index (χ1n) is 6.22. The number of aromatic nitrogens is 2. The highest BCUT2D eigenvalue weighted by molar-refractivity contribution is 6.03. The Bertz CT molecular complexity index is 598. The number of hydrogen-bond donors (Lipinski definition) is 2. The molecular weight excluding hydrogens is 240 g/mol. The number of benzene rings is 1. The molecule has 0 aliphatic carbocycles. The second-order valence-corrected chi connectivity index (χ2v) is 4.49. The van der Waals surface area contributed by atoms with Crippen LogP contribution in [-0.2, 0) is 13.0 Å². The molecule has 2 heterocycles. The third-order valence-electron chi connectivity index (χ3n) is 3.17. The van der Waals surface area contributed by atoms with Gasteiger partial charge < -0.3 is 10.6 Å². The van der Waals surface area contributed by atoms with Crippen LogP contribution in [-0.4, -0.2) is 22.4 Å². The van der Waals surface area contributed by atoms with E-state index in [4.69, 9.17) is 0 Å². The van der Waals surface area contributed by atoms with Crippen molar-refractivity contribution < 1.29 is 4.79 Å². The SMILES string of the molecule is O=C(Nc1ccc2c(c1)CNCC2)c1cncnc1. The van der Waals surface area contributed by atoms with Gasteiger partial charge in [-0.15, -0.1) is 0 Å². The number of amides is 1. The average Bonchev–Trinajstić information content (AvgIpc) is 2.48. The monoisotopic (exact) mass is 254 g/mol. The van der Waals surface area contributed by atoms with E-state index in [1.54, 1.807) is 0 Å². The van der Waals surface area contributed by atoms with Gasteiger partial charge in [-0.2, -0.15) is 0 Å². The zero-order chi connectivity index (χ0) is 13.1. The first kappa shape index (κ1) is 11.8. The number of nitrogens with one attached hydrogen (secondary N) is 2. The minimum absolute atomic E-state index is 0.190. The van der Waals surface area contributed by atoms with Crippen LogP contribution in [0.4, 0.5) is 5.69 Å². The van der Waals surface area contributed by atoms with Crippen molar-refractivity contribution >= 4 is 11.6 Å². The van der Waals surface area contributed by atoms with Gasteiger partial charge in [-0.3, -0.25) is 4.79 Å². The second kappa shape index (κ2) is 5.16. The van der Waals surface area contributed by atoms with Gasteiger partial charge in [-0.1, -0.05) is 6.07 Å². The van der Waals surface area contributed by atoms with Crippen LogP contribution >= 0.6 is 0 Å². The molecule has 0 atom stereocenters. The summed E-state index contributed by atoms with van der Waals surface area (Å²) < 4.78 is 0. The molecule has 1 aliphatic heterocycles. The number of fused-ring (bicyclic) bond motifs is 1. The fraction of sp³-hybridized carbons (Fsp3) is 0.214. The van der Waals surface area contributed by atoms with Crippen LogP contribution in [0, 0.1) is 0 Å². The standard InChI is InChI=1S/C14H14N4O/c19-14(12-7-16-9-17-8-12)18-13-2-1-10-3-4-15-6-11(10)5-13/h1-2,5,7-9,15H,3-4,6H2,(H,18,19). The summed E-state index contributed by atoms with van der Waals surface area (Å²) in [5, 5.41) is 6.18. The maximum atomic E-state index is 12.0. The Labute approximate surface area is 111 Å². The highest BCUT2D eigenvalue weighted by Crippen LogP contribution is 2.19. The molecule has 0 saturated heterocycles. The van der Waals surface area contributed by atoms with Crippen molar-refractivity contribution in [3.63, 3.8) is 0 Å².